The van der Waals surface area contributed by atoms with Crippen LogP contribution in [0, 0.1) is 5.92 Å². The Kier molecular flexibility index (Phi) is 9.62. The average Bonchev–Trinajstić information content (AvgIpc) is 2.23. The number of carbonyl (C=O) groups excluding carboxylic acids is 3. The molecule has 0 bridgehead atoms. The lowest BCUT2D eigenvalue weighted by atomic mass is 10.0. The molecule has 0 aromatic rings. The van der Waals surface area contributed by atoms with Gasteiger partial charge in [-0.05, 0) is 33.1 Å². The molecule has 0 rings (SSSR count). The van der Waals surface area contributed by atoms with Gasteiger partial charge in [-0.2, -0.15) is 0 Å². The largest absolute Gasteiger partial charge is 0.543 e. The molecule has 0 saturated heterocycles. The standard InChI is InChI=1S/C11H23NO2.C2H2O4/c1-8(2)9(12)6-7-10(13)14-11(3,4)5;3-1(4)2(5)6/h8-9H,6-7,12H2,1-5H3;(H,3,4)(H,5,6)/p-2. The van der Waals surface area contributed by atoms with Gasteiger partial charge in [0.05, 0.1) is 11.9 Å². The molecule has 0 heterocycles. The van der Waals surface area contributed by atoms with Gasteiger partial charge in [0.15, 0.2) is 0 Å². The van der Waals surface area contributed by atoms with E-state index in [1.54, 1.807) is 0 Å². The normalized spacial score (nSPS) is 12.2. The molecule has 1 atom stereocenters. The van der Waals surface area contributed by atoms with E-state index in [9.17, 15) is 4.79 Å². The molecular formula is C13H23NO6-2. The number of carbonyl (C=O) groups is 3. The van der Waals surface area contributed by atoms with Gasteiger partial charge < -0.3 is 30.3 Å². The third-order valence-electron chi connectivity index (χ3n) is 2.12. The molecule has 118 valence electrons. The zero-order chi connectivity index (χ0) is 16.5. The number of carboxylic acid groups (broad SMARTS) is 2. The summed E-state index contributed by atoms with van der Waals surface area (Å²) >= 11 is 0. The zero-order valence-electron chi connectivity index (χ0n) is 12.6. The lowest BCUT2D eigenvalue weighted by Gasteiger charge is -2.20. The van der Waals surface area contributed by atoms with Crippen LogP contribution in [0.4, 0.5) is 0 Å². The second kappa shape index (κ2) is 9.30. The molecule has 0 amide bonds. The minimum atomic E-state index is -2.19. The van der Waals surface area contributed by atoms with Crippen LogP contribution in [-0.2, 0) is 19.1 Å². The second-order valence-electron chi connectivity index (χ2n) is 5.61. The molecule has 7 nitrogen and oxygen atoms in total. The Hall–Kier alpha value is -1.63. The van der Waals surface area contributed by atoms with E-state index in [0.717, 1.165) is 0 Å². The van der Waals surface area contributed by atoms with Crippen LogP contribution in [0.1, 0.15) is 47.5 Å². The number of rotatable bonds is 4. The number of ether oxygens (including phenoxy) is 1. The summed E-state index contributed by atoms with van der Waals surface area (Å²) < 4.78 is 5.17. The van der Waals surface area contributed by atoms with Crippen molar-refractivity contribution in [1.82, 2.24) is 0 Å². The summed E-state index contributed by atoms with van der Waals surface area (Å²) in [5.74, 6) is -4.11. The number of hydrogen-bond donors (Lipinski definition) is 1. The van der Waals surface area contributed by atoms with Gasteiger partial charge in [-0.3, -0.25) is 4.79 Å². The molecule has 0 fully saturated rings. The maximum absolute atomic E-state index is 11.3. The van der Waals surface area contributed by atoms with Crippen molar-refractivity contribution in [3.63, 3.8) is 0 Å². The summed E-state index contributed by atoms with van der Waals surface area (Å²) in [7, 11) is 0. The first-order valence-electron chi connectivity index (χ1n) is 6.26. The SMILES string of the molecule is CC(C)C(N)CCC(=O)OC(C)(C)C.O=C([O-])C(=O)[O-]. The molecule has 0 aliphatic carbocycles. The van der Waals surface area contributed by atoms with Gasteiger partial charge in [0.2, 0.25) is 0 Å². The highest BCUT2D eigenvalue weighted by Crippen LogP contribution is 2.11. The molecule has 7 heteroatoms. The van der Waals surface area contributed by atoms with E-state index in [0.29, 0.717) is 18.8 Å². The lowest BCUT2D eigenvalue weighted by molar-refractivity contribution is -0.345. The number of nitrogens with two attached hydrogens (primary N) is 1. The first kappa shape index (κ1) is 20.7. The Morgan fingerprint density at radius 2 is 1.50 bits per heavy atom. The maximum atomic E-state index is 11.3. The fraction of sp³-hybridized carbons (Fsp3) is 0.769. The van der Waals surface area contributed by atoms with Crippen LogP contribution in [0.25, 0.3) is 0 Å². The first-order valence-corrected chi connectivity index (χ1v) is 6.26. The van der Waals surface area contributed by atoms with Gasteiger partial charge in [0, 0.05) is 12.5 Å². The molecule has 0 spiro atoms. The number of hydrogen-bond acceptors (Lipinski definition) is 7. The number of carboxylic acids is 2. The Labute approximate surface area is 119 Å². The summed E-state index contributed by atoms with van der Waals surface area (Å²) in [6, 6.07) is 0.0857. The summed E-state index contributed by atoms with van der Waals surface area (Å²) in [5, 5.41) is 17.9. The quantitative estimate of drug-likeness (QED) is 0.496. The minimum absolute atomic E-state index is 0.0857. The van der Waals surface area contributed by atoms with Gasteiger partial charge in [0.1, 0.15) is 5.60 Å². The topological polar surface area (TPSA) is 133 Å². The fourth-order valence-electron chi connectivity index (χ4n) is 1.01. The van der Waals surface area contributed by atoms with Crippen LogP contribution in [0.3, 0.4) is 0 Å². The van der Waals surface area contributed by atoms with Crippen molar-refractivity contribution in [3.8, 4) is 0 Å². The average molecular weight is 289 g/mol. The third kappa shape index (κ3) is 14.4. The van der Waals surface area contributed by atoms with E-state index in [1.807, 2.05) is 20.8 Å². The van der Waals surface area contributed by atoms with Gasteiger partial charge >= 0.3 is 5.97 Å². The molecule has 2 N–H and O–H groups in total. The first-order chi connectivity index (χ1) is 8.86. The van der Waals surface area contributed by atoms with Gasteiger partial charge in [-0.1, -0.05) is 13.8 Å². The van der Waals surface area contributed by atoms with E-state index >= 15 is 0 Å². The lowest BCUT2D eigenvalue weighted by Crippen LogP contribution is -2.42. The molecule has 0 aliphatic heterocycles. The summed E-state index contributed by atoms with van der Waals surface area (Å²) in [5.41, 5.74) is 5.43. The van der Waals surface area contributed by atoms with Crippen molar-refractivity contribution < 1.29 is 29.3 Å². The Morgan fingerprint density at radius 3 is 1.75 bits per heavy atom. The van der Waals surface area contributed by atoms with Crippen LogP contribution in [0.2, 0.25) is 0 Å². The van der Waals surface area contributed by atoms with Gasteiger partial charge in [-0.15, -0.1) is 0 Å². The van der Waals surface area contributed by atoms with E-state index in [-0.39, 0.29) is 17.6 Å². The Morgan fingerprint density at radius 1 is 1.10 bits per heavy atom. The van der Waals surface area contributed by atoms with Crippen molar-refractivity contribution in [1.29, 1.82) is 0 Å². The number of esters is 1. The molecule has 0 radical (unpaired) electrons. The Balaban J connectivity index is 0. The van der Waals surface area contributed by atoms with E-state index < -0.39 is 11.9 Å². The monoisotopic (exact) mass is 289 g/mol. The van der Waals surface area contributed by atoms with Crippen molar-refractivity contribution in [2.45, 2.75) is 59.1 Å². The van der Waals surface area contributed by atoms with E-state index in [2.05, 4.69) is 13.8 Å². The molecule has 1 unspecified atom stereocenters. The highest BCUT2D eigenvalue weighted by molar-refractivity contribution is 6.25. The molecule has 0 aromatic carbocycles. The van der Waals surface area contributed by atoms with E-state index in [4.69, 9.17) is 30.3 Å². The van der Waals surface area contributed by atoms with E-state index in [1.165, 1.54) is 0 Å². The van der Waals surface area contributed by atoms with Gasteiger partial charge in [0.25, 0.3) is 0 Å². The van der Waals surface area contributed by atoms with Crippen LogP contribution in [0.5, 0.6) is 0 Å². The van der Waals surface area contributed by atoms with Crippen LogP contribution >= 0.6 is 0 Å². The predicted molar refractivity (Wildman–Crippen MR) is 67.9 cm³/mol. The van der Waals surface area contributed by atoms with Crippen molar-refractivity contribution in [2.24, 2.45) is 11.7 Å². The molecule has 20 heavy (non-hydrogen) atoms. The minimum Gasteiger partial charge on any atom is -0.543 e. The Bertz CT molecular complexity index is 320. The van der Waals surface area contributed by atoms with Crippen LogP contribution < -0.4 is 15.9 Å². The molecule has 0 aromatic heterocycles. The molecule has 0 aliphatic rings. The highest BCUT2D eigenvalue weighted by atomic mass is 16.6. The zero-order valence-corrected chi connectivity index (χ0v) is 12.6. The molecular weight excluding hydrogens is 266 g/mol. The predicted octanol–water partition coefficient (Wildman–Crippen LogP) is -1.42. The van der Waals surface area contributed by atoms with Crippen LogP contribution in [-0.4, -0.2) is 29.6 Å². The van der Waals surface area contributed by atoms with Crippen molar-refractivity contribution in [2.75, 3.05) is 0 Å². The summed E-state index contributed by atoms with van der Waals surface area (Å²) in [4.78, 5) is 29.2. The van der Waals surface area contributed by atoms with Crippen molar-refractivity contribution in [3.05, 3.63) is 0 Å². The maximum Gasteiger partial charge on any atom is 0.306 e. The smallest absolute Gasteiger partial charge is 0.306 e. The number of aliphatic carboxylic acids is 2. The van der Waals surface area contributed by atoms with Gasteiger partial charge in [-0.25, -0.2) is 0 Å². The molecule has 0 saturated carbocycles. The van der Waals surface area contributed by atoms with Crippen LogP contribution in [0.15, 0.2) is 0 Å². The summed E-state index contributed by atoms with van der Waals surface area (Å²) in [6.45, 7) is 9.72. The van der Waals surface area contributed by atoms with Crippen molar-refractivity contribution >= 4 is 17.9 Å². The second-order valence-corrected chi connectivity index (χ2v) is 5.61. The third-order valence-corrected chi connectivity index (χ3v) is 2.12. The highest BCUT2D eigenvalue weighted by Gasteiger charge is 2.17. The summed E-state index contributed by atoms with van der Waals surface area (Å²) in [6.07, 6.45) is 1.11. The fourth-order valence-corrected chi connectivity index (χ4v) is 1.01.